The van der Waals surface area contributed by atoms with Crippen LogP contribution in [0.4, 0.5) is 17.1 Å². The molecule has 256 valence electrons. The Hall–Kier alpha value is -5.93. The number of nitrogens with zero attached hydrogens (tertiary/aromatic N) is 1. The van der Waals surface area contributed by atoms with E-state index in [9.17, 15) is 0 Å². The molecule has 0 saturated heterocycles. The molecule has 1 nitrogen and oxygen atoms in total. The van der Waals surface area contributed by atoms with Crippen LogP contribution in [0.5, 0.6) is 0 Å². The van der Waals surface area contributed by atoms with E-state index in [1.54, 1.807) is 0 Å². The van der Waals surface area contributed by atoms with Crippen molar-refractivity contribution < 1.29 is 0 Å². The standard InChI is InChI=1S/C51H34ClNS/c1-51(2)46-17-9-7-16-43(46)49-41-23-20-33(28-44(41)39-13-5-6-15-42(39)50(49)51)34-25-35(52)29-38(27-34)53(36-21-19-31-11-3-4-12-32(31)26-36)37-22-24-48-45(30-37)40-14-8-10-18-47(40)54-48/h3-30H,1-2H3. The van der Waals surface area contributed by atoms with E-state index < -0.39 is 0 Å². The highest BCUT2D eigenvalue weighted by molar-refractivity contribution is 7.25. The molecule has 1 heterocycles. The maximum absolute atomic E-state index is 7.12. The minimum absolute atomic E-state index is 0.0925. The van der Waals surface area contributed by atoms with E-state index in [1.165, 1.54) is 74.7 Å². The van der Waals surface area contributed by atoms with Gasteiger partial charge in [0, 0.05) is 47.7 Å². The number of anilines is 3. The van der Waals surface area contributed by atoms with Crippen LogP contribution in [0.2, 0.25) is 5.02 Å². The maximum atomic E-state index is 7.12. The van der Waals surface area contributed by atoms with E-state index >= 15 is 0 Å². The topological polar surface area (TPSA) is 3.24 Å². The molecular weight excluding hydrogens is 694 g/mol. The van der Waals surface area contributed by atoms with Crippen LogP contribution in [-0.2, 0) is 5.41 Å². The van der Waals surface area contributed by atoms with Crippen LogP contribution in [0, 0.1) is 0 Å². The highest BCUT2D eigenvalue weighted by Gasteiger charge is 2.38. The molecule has 1 aliphatic rings. The van der Waals surface area contributed by atoms with Crippen molar-refractivity contribution in [1.29, 1.82) is 0 Å². The summed E-state index contributed by atoms with van der Waals surface area (Å²) in [6, 6.07) is 62.2. The average molecular weight is 728 g/mol. The Kier molecular flexibility index (Phi) is 6.89. The van der Waals surface area contributed by atoms with Gasteiger partial charge in [-0.3, -0.25) is 0 Å². The van der Waals surface area contributed by atoms with Crippen LogP contribution >= 0.6 is 22.9 Å². The van der Waals surface area contributed by atoms with Gasteiger partial charge in [-0.1, -0.05) is 135 Å². The fraction of sp³-hybridized carbons (Fsp3) is 0.0588. The van der Waals surface area contributed by atoms with Crippen molar-refractivity contribution in [3.05, 3.63) is 186 Å². The van der Waals surface area contributed by atoms with Gasteiger partial charge in [0.05, 0.1) is 0 Å². The SMILES string of the molecule is CC1(C)c2ccccc2-c2c1c1ccccc1c1cc(-c3cc(Cl)cc(N(c4ccc5ccccc5c4)c4ccc5sc6ccccc6c5c4)c3)ccc21. The third kappa shape index (κ3) is 4.70. The number of benzene rings is 9. The van der Waals surface area contributed by atoms with E-state index in [4.69, 9.17) is 11.6 Å². The molecule has 10 aromatic rings. The van der Waals surface area contributed by atoms with Crippen molar-refractivity contribution in [3.63, 3.8) is 0 Å². The molecule has 1 aromatic heterocycles. The molecule has 0 radical (unpaired) electrons. The lowest BCUT2D eigenvalue weighted by Crippen LogP contribution is -2.15. The van der Waals surface area contributed by atoms with Crippen LogP contribution in [0.3, 0.4) is 0 Å². The fourth-order valence-corrected chi connectivity index (χ4v) is 10.5. The number of halogens is 1. The van der Waals surface area contributed by atoms with Crippen molar-refractivity contribution >= 4 is 92.5 Å². The van der Waals surface area contributed by atoms with Crippen LogP contribution in [0.1, 0.15) is 25.0 Å². The molecule has 0 aliphatic heterocycles. The van der Waals surface area contributed by atoms with E-state index in [-0.39, 0.29) is 5.41 Å². The van der Waals surface area contributed by atoms with Gasteiger partial charge < -0.3 is 4.90 Å². The summed E-state index contributed by atoms with van der Waals surface area (Å²) in [7, 11) is 0. The van der Waals surface area contributed by atoms with Crippen LogP contribution in [0.25, 0.3) is 74.7 Å². The summed E-state index contributed by atoms with van der Waals surface area (Å²) in [6.45, 7) is 4.75. The number of hydrogen-bond acceptors (Lipinski definition) is 2. The zero-order valence-electron chi connectivity index (χ0n) is 29.9. The van der Waals surface area contributed by atoms with E-state index in [2.05, 4.69) is 189 Å². The highest BCUT2D eigenvalue weighted by atomic mass is 35.5. The summed E-state index contributed by atoms with van der Waals surface area (Å²) >= 11 is 8.97. The Morgan fingerprint density at radius 3 is 2.06 bits per heavy atom. The summed E-state index contributed by atoms with van der Waals surface area (Å²) in [5, 5.41) is 10.8. The maximum Gasteiger partial charge on any atom is 0.0482 e. The third-order valence-electron chi connectivity index (χ3n) is 11.6. The van der Waals surface area contributed by atoms with Gasteiger partial charge in [0.25, 0.3) is 0 Å². The number of rotatable bonds is 4. The lowest BCUT2D eigenvalue weighted by molar-refractivity contribution is 0.666. The predicted molar refractivity (Wildman–Crippen MR) is 235 cm³/mol. The Bertz CT molecular complexity index is 3170. The fourth-order valence-electron chi connectivity index (χ4n) is 9.17. The van der Waals surface area contributed by atoms with Crippen molar-refractivity contribution in [3.8, 4) is 22.3 Å². The Morgan fingerprint density at radius 1 is 0.463 bits per heavy atom. The molecule has 0 saturated carbocycles. The summed E-state index contributed by atoms with van der Waals surface area (Å²) in [6.07, 6.45) is 0. The molecule has 1 aliphatic carbocycles. The first-order valence-corrected chi connectivity index (χ1v) is 19.7. The van der Waals surface area contributed by atoms with E-state index in [1.807, 2.05) is 11.3 Å². The van der Waals surface area contributed by atoms with Gasteiger partial charge in [-0.25, -0.2) is 0 Å². The Morgan fingerprint density at radius 2 is 1.17 bits per heavy atom. The zero-order valence-corrected chi connectivity index (χ0v) is 31.5. The number of fused-ring (bicyclic) bond motifs is 12. The van der Waals surface area contributed by atoms with Crippen LogP contribution in [0.15, 0.2) is 170 Å². The van der Waals surface area contributed by atoms with E-state index in [0.717, 1.165) is 28.2 Å². The van der Waals surface area contributed by atoms with Crippen molar-refractivity contribution in [2.75, 3.05) is 4.90 Å². The van der Waals surface area contributed by atoms with Crippen molar-refractivity contribution in [2.45, 2.75) is 19.3 Å². The van der Waals surface area contributed by atoms with Gasteiger partial charge in [0.2, 0.25) is 0 Å². The third-order valence-corrected chi connectivity index (χ3v) is 13.0. The van der Waals surface area contributed by atoms with Crippen LogP contribution < -0.4 is 4.90 Å². The summed E-state index contributed by atoms with van der Waals surface area (Å²) in [5.41, 5.74) is 10.8. The molecule has 3 heteroatoms. The largest absolute Gasteiger partial charge is 0.310 e. The molecule has 54 heavy (non-hydrogen) atoms. The lowest BCUT2D eigenvalue weighted by atomic mass is 9.79. The highest BCUT2D eigenvalue weighted by Crippen LogP contribution is 2.55. The molecule has 0 bridgehead atoms. The zero-order chi connectivity index (χ0) is 36.1. The molecule has 11 rings (SSSR count). The first-order chi connectivity index (χ1) is 26.4. The second-order valence-electron chi connectivity index (χ2n) is 15.1. The van der Waals surface area contributed by atoms with Gasteiger partial charge in [-0.05, 0) is 126 Å². The Labute approximate surface area is 323 Å². The monoisotopic (exact) mass is 727 g/mol. The van der Waals surface area contributed by atoms with Gasteiger partial charge in [0.1, 0.15) is 0 Å². The molecular formula is C51H34ClNS. The van der Waals surface area contributed by atoms with Crippen molar-refractivity contribution in [2.24, 2.45) is 0 Å². The van der Waals surface area contributed by atoms with Crippen LogP contribution in [-0.4, -0.2) is 0 Å². The van der Waals surface area contributed by atoms with Gasteiger partial charge in [-0.15, -0.1) is 11.3 Å². The molecule has 0 spiro atoms. The normalized spacial score (nSPS) is 13.2. The second-order valence-corrected chi connectivity index (χ2v) is 16.6. The molecule has 0 amide bonds. The average Bonchev–Trinajstić information content (AvgIpc) is 3.69. The number of hydrogen-bond donors (Lipinski definition) is 0. The molecule has 9 aromatic carbocycles. The minimum Gasteiger partial charge on any atom is -0.310 e. The summed E-state index contributed by atoms with van der Waals surface area (Å²) in [5.74, 6) is 0. The van der Waals surface area contributed by atoms with Crippen molar-refractivity contribution in [1.82, 2.24) is 0 Å². The van der Waals surface area contributed by atoms with E-state index in [0.29, 0.717) is 5.02 Å². The van der Waals surface area contributed by atoms with Gasteiger partial charge in [-0.2, -0.15) is 0 Å². The quantitative estimate of drug-likeness (QED) is 0.163. The minimum atomic E-state index is -0.0925. The molecule has 0 atom stereocenters. The lowest BCUT2D eigenvalue weighted by Gasteiger charge is -2.27. The molecule has 0 N–H and O–H groups in total. The Balaban J connectivity index is 1.13. The second kappa shape index (κ2) is 11.8. The molecule has 0 fully saturated rings. The first kappa shape index (κ1) is 31.6. The van der Waals surface area contributed by atoms with Gasteiger partial charge in [0.15, 0.2) is 0 Å². The summed E-state index contributed by atoms with van der Waals surface area (Å²) in [4.78, 5) is 2.36. The van der Waals surface area contributed by atoms with Gasteiger partial charge >= 0.3 is 0 Å². The smallest absolute Gasteiger partial charge is 0.0482 e. The molecule has 0 unspecified atom stereocenters. The predicted octanol–water partition coefficient (Wildman–Crippen LogP) is 15.6. The summed E-state index contributed by atoms with van der Waals surface area (Å²) < 4.78 is 2.58. The number of thiophene rings is 1. The first-order valence-electron chi connectivity index (χ1n) is 18.5.